The zero-order chi connectivity index (χ0) is 11.4. The minimum absolute atomic E-state index is 0.145. The molecule has 0 saturated heterocycles. The minimum Gasteiger partial charge on any atom is -0.322 e. The number of benzene rings is 1. The van der Waals surface area contributed by atoms with Crippen LogP contribution in [-0.4, -0.2) is 11.9 Å². The minimum atomic E-state index is -0.604. The Labute approximate surface area is 96.0 Å². The van der Waals surface area contributed by atoms with E-state index in [-0.39, 0.29) is 11.6 Å². The molecule has 0 unspecified atom stereocenters. The molecule has 0 bridgehead atoms. The van der Waals surface area contributed by atoms with Crippen LogP contribution in [0.4, 0.5) is 10.1 Å². The van der Waals surface area contributed by atoms with Gasteiger partial charge >= 0.3 is 0 Å². The Morgan fingerprint density at radius 2 is 2.33 bits per heavy atom. The van der Waals surface area contributed by atoms with Gasteiger partial charge in [0.25, 0.3) is 0 Å². The molecule has 1 amide bonds. The van der Waals surface area contributed by atoms with Crippen LogP contribution < -0.4 is 11.1 Å². The highest BCUT2D eigenvalue weighted by Crippen LogP contribution is 2.19. The molecule has 3 nitrogen and oxygen atoms in total. The molecule has 0 fully saturated rings. The molecule has 0 heterocycles. The van der Waals surface area contributed by atoms with E-state index >= 15 is 0 Å². The maximum Gasteiger partial charge on any atom is 0.241 e. The van der Waals surface area contributed by atoms with Crippen molar-refractivity contribution in [1.82, 2.24) is 0 Å². The van der Waals surface area contributed by atoms with Crippen molar-refractivity contribution >= 4 is 27.5 Å². The highest BCUT2D eigenvalue weighted by atomic mass is 79.9. The lowest BCUT2D eigenvalue weighted by molar-refractivity contribution is -0.117. The average molecular weight is 275 g/mol. The maximum atomic E-state index is 13.3. The molecular weight excluding hydrogens is 263 g/mol. The summed E-state index contributed by atoms with van der Waals surface area (Å²) < 4.78 is 13.9. The Kier molecular flexibility index (Phi) is 4.23. The first-order valence-corrected chi connectivity index (χ1v) is 5.35. The van der Waals surface area contributed by atoms with E-state index < -0.39 is 11.9 Å². The quantitative estimate of drug-likeness (QED) is 0.889. The number of hydrogen-bond donors (Lipinski definition) is 2. The van der Waals surface area contributed by atoms with Gasteiger partial charge in [0.05, 0.1) is 11.7 Å². The monoisotopic (exact) mass is 274 g/mol. The molecule has 0 saturated carbocycles. The predicted molar refractivity (Wildman–Crippen MR) is 61.0 cm³/mol. The first kappa shape index (κ1) is 12.1. The van der Waals surface area contributed by atoms with Crippen LogP contribution in [0.15, 0.2) is 22.7 Å². The van der Waals surface area contributed by atoms with Crippen LogP contribution in [0.3, 0.4) is 0 Å². The normalized spacial score (nSPS) is 12.3. The van der Waals surface area contributed by atoms with Crippen LogP contribution in [0, 0.1) is 5.82 Å². The maximum absolute atomic E-state index is 13.3. The molecule has 0 aliphatic rings. The van der Waals surface area contributed by atoms with Crippen LogP contribution in [0.5, 0.6) is 0 Å². The lowest BCUT2D eigenvalue weighted by Gasteiger charge is -2.10. The molecule has 1 atom stereocenters. The van der Waals surface area contributed by atoms with Gasteiger partial charge in [-0.25, -0.2) is 4.39 Å². The largest absolute Gasteiger partial charge is 0.322 e. The fourth-order valence-corrected chi connectivity index (χ4v) is 1.33. The molecule has 0 aromatic heterocycles. The van der Waals surface area contributed by atoms with Crippen molar-refractivity contribution in [1.29, 1.82) is 0 Å². The summed E-state index contributed by atoms with van der Waals surface area (Å²) >= 11 is 3.13. The number of nitrogens with two attached hydrogens (primary N) is 1. The number of amides is 1. The second-order valence-corrected chi connectivity index (χ2v) is 4.04. The van der Waals surface area contributed by atoms with Crippen molar-refractivity contribution < 1.29 is 9.18 Å². The summed E-state index contributed by atoms with van der Waals surface area (Å²) in [6, 6.07) is 3.82. The van der Waals surface area contributed by atoms with Gasteiger partial charge in [-0.2, -0.15) is 0 Å². The summed E-state index contributed by atoms with van der Waals surface area (Å²) in [5.74, 6) is -0.861. The molecule has 0 aliphatic heterocycles. The van der Waals surface area contributed by atoms with Crippen LogP contribution in [-0.2, 0) is 4.79 Å². The summed E-state index contributed by atoms with van der Waals surface area (Å²) in [7, 11) is 0. The van der Waals surface area contributed by atoms with Gasteiger partial charge in [0.1, 0.15) is 5.82 Å². The van der Waals surface area contributed by atoms with Crippen molar-refractivity contribution in [2.45, 2.75) is 19.4 Å². The number of anilines is 1. The van der Waals surface area contributed by atoms with E-state index in [0.29, 0.717) is 10.9 Å². The van der Waals surface area contributed by atoms with E-state index in [1.165, 1.54) is 12.1 Å². The predicted octanol–water partition coefficient (Wildman–Crippen LogP) is 2.26. The number of carbonyl (C=O) groups excluding carboxylic acids is 1. The zero-order valence-electron chi connectivity index (χ0n) is 8.26. The Hall–Kier alpha value is -0.940. The first-order valence-electron chi connectivity index (χ1n) is 4.56. The van der Waals surface area contributed by atoms with E-state index in [2.05, 4.69) is 21.2 Å². The lowest BCUT2D eigenvalue weighted by Crippen LogP contribution is -2.35. The van der Waals surface area contributed by atoms with Gasteiger partial charge < -0.3 is 11.1 Å². The Balaban J connectivity index is 2.77. The molecule has 3 N–H and O–H groups in total. The summed E-state index contributed by atoms with van der Waals surface area (Å²) in [6.07, 6.45) is 0.518. The number of hydrogen-bond acceptors (Lipinski definition) is 2. The fourth-order valence-electron chi connectivity index (χ4n) is 1.00. The van der Waals surface area contributed by atoms with Crippen LogP contribution in [0.2, 0.25) is 0 Å². The number of rotatable bonds is 3. The molecular formula is C10H12BrFN2O. The van der Waals surface area contributed by atoms with E-state index in [9.17, 15) is 9.18 Å². The first-order chi connectivity index (χ1) is 7.04. The van der Waals surface area contributed by atoms with E-state index in [1.54, 1.807) is 13.0 Å². The van der Waals surface area contributed by atoms with Crippen LogP contribution in [0.1, 0.15) is 13.3 Å². The summed E-state index contributed by atoms with van der Waals surface area (Å²) in [6.45, 7) is 1.79. The van der Waals surface area contributed by atoms with Crippen molar-refractivity contribution in [3.8, 4) is 0 Å². The van der Waals surface area contributed by atoms with Crippen molar-refractivity contribution in [2.24, 2.45) is 5.73 Å². The second-order valence-electron chi connectivity index (χ2n) is 3.13. The fraction of sp³-hybridized carbons (Fsp3) is 0.300. The third-order valence-corrected chi connectivity index (χ3v) is 2.46. The number of carbonyl (C=O) groups is 1. The topological polar surface area (TPSA) is 55.1 Å². The Morgan fingerprint density at radius 1 is 1.67 bits per heavy atom. The van der Waals surface area contributed by atoms with Crippen molar-refractivity contribution in [3.63, 3.8) is 0 Å². The molecule has 82 valence electrons. The third-order valence-electron chi connectivity index (χ3n) is 1.97. The summed E-state index contributed by atoms with van der Waals surface area (Å²) in [5.41, 5.74) is 5.65. The van der Waals surface area contributed by atoms with Gasteiger partial charge in [0, 0.05) is 4.47 Å². The smallest absolute Gasteiger partial charge is 0.241 e. The number of nitrogens with one attached hydrogen (secondary N) is 1. The Morgan fingerprint density at radius 3 is 2.87 bits per heavy atom. The highest BCUT2D eigenvalue weighted by Gasteiger charge is 2.12. The van der Waals surface area contributed by atoms with E-state index in [0.717, 1.165) is 0 Å². The van der Waals surface area contributed by atoms with E-state index in [4.69, 9.17) is 5.73 Å². The van der Waals surface area contributed by atoms with Crippen molar-refractivity contribution in [3.05, 3.63) is 28.5 Å². The molecule has 1 rings (SSSR count). The summed E-state index contributed by atoms with van der Waals surface area (Å²) in [5, 5.41) is 2.43. The second kappa shape index (κ2) is 5.23. The number of halogens is 2. The average Bonchev–Trinajstić information content (AvgIpc) is 2.20. The van der Waals surface area contributed by atoms with Gasteiger partial charge in [-0.3, -0.25) is 4.79 Å². The Bertz CT molecular complexity index is 370. The SMILES string of the molecule is CC[C@H](N)C(=O)Nc1ccc(Br)cc1F. The lowest BCUT2D eigenvalue weighted by atomic mass is 10.2. The van der Waals surface area contributed by atoms with Gasteiger partial charge in [0.2, 0.25) is 5.91 Å². The molecule has 5 heteroatoms. The molecule has 0 radical (unpaired) electrons. The molecule has 0 spiro atoms. The van der Waals surface area contributed by atoms with Crippen molar-refractivity contribution in [2.75, 3.05) is 5.32 Å². The standard InChI is InChI=1S/C10H12BrFN2O/c1-2-8(13)10(15)14-9-4-3-6(11)5-7(9)12/h3-5,8H,2,13H2,1H3,(H,14,15)/t8-/m0/s1. The highest BCUT2D eigenvalue weighted by molar-refractivity contribution is 9.10. The van der Waals surface area contributed by atoms with Crippen LogP contribution in [0.25, 0.3) is 0 Å². The molecule has 1 aromatic rings. The molecule has 15 heavy (non-hydrogen) atoms. The van der Waals surface area contributed by atoms with Crippen LogP contribution >= 0.6 is 15.9 Å². The van der Waals surface area contributed by atoms with E-state index in [1.807, 2.05) is 0 Å². The molecule has 0 aliphatic carbocycles. The van der Waals surface area contributed by atoms with Gasteiger partial charge in [-0.15, -0.1) is 0 Å². The third kappa shape index (κ3) is 3.28. The molecule has 1 aromatic carbocycles. The zero-order valence-corrected chi connectivity index (χ0v) is 9.84. The van der Waals surface area contributed by atoms with Gasteiger partial charge in [0.15, 0.2) is 0 Å². The van der Waals surface area contributed by atoms with Gasteiger partial charge in [-0.1, -0.05) is 22.9 Å². The summed E-state index contributed by atoms with van der Waals surface area (Å²) in [4.78, 5) is 11.4. The van der Waals surface area contributed by atoms with Gasteiger partial charge in [-0.05, 0) is 24.6 Å².